The fourth-order valence-corrected chi connectivity index (χ4v) is 3.67. The van der Waals surface area contributed by atoms with E-state index >= 15 is 0 Å². The van der Waals surface area contributed by atoms with Crippen molar-refractivity contribution in [1.82, 2.24) is 9.88 Å². The molecule has 0 N–H and O–H groups in total. The number of piperidine rings is 1. The summed E-state index contributed by atoms with van der Waals surface area (Å²) in [5, 5.41) is 9.52. The van der Waals surface area contributed by atoms with Crippen LogP contribution < -0.4 is 5.46 Å². The summed E-state index contributed by atoms with van der Waals surface area (Å²) in [4.78, 5) is 18.8. The third kappa shape index (κ3) is 4.79. The van der Waals surface area contributed by atoms with E-state index in [-0.39, 0.29) is 12.0 Å². The highest BCUT2D eigenvalue weighted by Gasteiger charge is 2.52. The highest BCUT2D eigenvalue weighted by Crippen LogP contribution is 2.37. The maximum atomic E-state index is 12.5. The van der Waals surface area contributed by atoms with E-state index in [1.54, 1.807) is 11.0 Å². The predicted molar refractivity (Wildman–Crippen MR) is 114 cm³/mol. The van der Waals surface area contributed by atoms with Crippen molar-refractivity contribution in [2.45, 2.75) is 84.0 Å². The van der Waals surface area contributed by atoms with Gasteiger partial charge in [-0.3, -0.25) is 0 Å². The SMILES string of the molecule is CC(C)(C)OC(=O)N1CCCC(c2cc(B3OC(C)(C)C(C)(C)O3)cc(C#N)n2)C1. The molecule has 1 unspecified atom stereocenters. The van der Waals surface area contributed by atoms with Gasteiger partial charge >= 0.3 is 13.2 Å². The smallest absolute Gasteiger partial charge is 0.444 e. The molecule has 2 saturated heterocycles. The second-order valence-electron chi connectivity index (χ2n) is 10.2. The minimum absolute atomic E-state index is 0.0285. The van der Waals surface area contributed by atoms with Crippen LogP contribution in [0.2, 0.25) is 0 Å². The predicted octanol–water partition coefficient (Wildman–Crippen LogP) is 3.37. The average molecular weight is 413 g/mol. The monoisotopic (exact) mass is 413 g/mol. The number of carbonyl (C=O) groups excluding carboxylic acids is 1. The van der Waals surface area contributed by atoms with Crippen molar-refractivity contribution in [3.05, 3.63) is 23.5 Å². The van der Waals surface area contributed by atoms with Crippen LogP contribution in [0, 0.1) is 11.3 Å². The number of likely N-dealkylation sites (tertiary alicyclic amines) is 1. The molecule has 1 aromatic rings. The van der Waals surface area contributed by atoms with Gasteiger partial charge in [0, 0.05) is 24.7 Å². The van der Waals surface area contributed by atoms with Gasteiger partial charge in [0.15, 0.2) is 0 Å². The lowest BCUT2D eigenvalue weighted by molar-refractivity contribution is 0.00578. The first-order chi connectivity index (χ1) is 13.8. The number of nitriles is 1. The van der Waals surface area contributed by atoms with Gasteiger partial charge in [0.2, 0.25) is 0 Å². The Bertz CT molecular complexity index is 841. The van der Waals surface area contributed by atoms with Crippen molar-refractivity contribution in [2.24, 2.45) is 0 Å². The van der Waals surface area contributed by atoms with Crippen LogP contribution in [0.3, 0.4) is 0 Å². The summed E-state index contributed by atoms with van der Waals surface area (Å²) in [5.41, 5.74) is 0.425. The molecule has 2 aliphatic heterocycles. The number of nitrogens with zero attached hydrogens (tertiary/aromatic N) is 3. The Kier molecular flexibility index (Phi) is 5.92. The minimum atomic E-state index is -0.561. The van der Waals surface area contributed by atoms with Crippen molar-refractivity contribution < 1.29 is 18.8 Å². The lowest BCUT2D eigenvalue weighted by Crippen LogP contribution is -2.42. The summed E-state index contributed by atoms with van der Waals surface area (Å²) in [6.45, 7) is 14.8. The number of carbonyl (C=O) groups is 1. The van der Waals surface area contributed by atoms with Crippen LogP contribution in [0.15, 0.2) is 12.1 Å². The Morgan fingerprint density at radius 2 is 1.90 bits per heavy atom. The summed E-state index contributed by atoms with van der Waals surface area (Å²) in [5.74, 6) is 0.0285. The second kappa shape index (κ2) is 7.86. The molecular formula is C22H32BN3O4. The standard InChI is InChI=1S/C22H32BN3O4/c1-20(2,3)28-19(27)26-10-8-9-15(14-26)18-12-16(11-17(13-24)25-18)23-29-21(4,5)22(6,7)30-23/h11-12,15H,8-10,14H2,1-7H3. The Morgan fingerprint density at radius 1 is 1.27 bits per heavy atom. The zero-order chi connectivity index (χ0) is 22.3. The molecule has 2 fully saturated rings. The highest BCUT2D eigenvalue weighted by molar-refractivity contribution is 6.62. The van der Waals surface area contributed by atoms with Crippen LogP contribution in [-0.2, 0) is 14.0 Å². The number of hydrogen-bond donors (Lipinski definition) is 0. The van der Waals surface area contributed by atoms with Crippen molar-refractivity contribution in [2.75, 3.05) is 13.1 Å². The van der Waals surface area contributed by atoms with Gasteiger partial charge < -0.3 is 18.9 Å². The molecule has 7 nitrogen and oxygen atoms in total. The topological polar surface area (TPSA) is 84.7 Å². The number of pyridine rings is 1. The van der Waals surface area contributed by atoms with E-state index in [0.29, 0.717) is 18.8 Å². The van der Waals surface area contributed by atoms with Gasteiger partial charge in [-0.05, 0) is 78.9 Å². The molecule has 0 aliphatic carbocycles. The number of amides is 1. The summed E-state index contributed by atoms with van der Waals surface area (Å²) < 4.78 is 17.9. The summed E-state index contributed by atoms with van der Waals surface area (Å²) in [6, 6.07) is 5.82. The molecule has 1 amide bonds. The molecule has 1 aromatic heterocycles. The second-order valence-corrected chi connectivity index (χ2v) is 10.2. The van der Waals surface area contributed by atoms with Crippen LogP contribution >= 0.6 is 0 Å². The molecular weight excluding hydrogens is 381 g/mol. The molecule has 1 atom stereocenters. The minimum Gasteiger partial charge on any atom is -0.444 e. The van der Waals surface area contributed by atoms with Gasteiger partial charge in [0.1, 0.15) is 17.4 Å². The Morgan fingerprint density at radius 3 is 2.47 bits per heavy atom. The Hall–Kier alpha value is -2.11. The van der Waals surface area contributed by atoms with Crippen LogP contribution in [0.25, 0.3) is 0 Å². The quantitative estimate of drug-likeness (QED) is 0.692. The molecule has 0 saturated carbocycles. The maximum absolute atomic E-state index is 12.5. The number of ether oxygens (including phenoxy) is 1. The van der Waals surface area contributed by atoms with Gasteiger partial charge in [0.05, 0.1) is 11.2 Å². The van der Waals surface area contributed by atoms with E-state index < -0.39 is 23.9 Å². The fraction of sp³-hybridized carbons (Fsp3) is 0.682. The number of aromatic nitrogens is 1. The maximum Gasteiger partial charge on any atom is 0.495 e. The fourth-order valence-electron chi connectivity index (χ4n) is 3.67. The highest BCUT2D eigenvalue weighted by atomic mass is 16.7. The Balaban J connectivity index is 1.84. The number of rotatable bonds is 2. The first-order valence-electron chi connectivity index (χ1n) is 10.6. The van der Waals surface area contributed by atoms with Crippen molar-refractivity contribution >= 4 is 18.7 Å². The first kappa shape index (κ1) is 22.6. The molecule has 0 radical (unpaired) electrons. The third-order valence-electron chi connectivity index (χ3n) is 6.00. The van der Waals surface area contributed by atoms with E-state index in [4.69, 9.17) is 14.0 Å². The van der Waals surface area contributed by atoms with E-state index in [1.165, 1.54) is 0 Å². The zero-order valence-corrected chi connectivity index (χ0v) is 19.1. The van der Waals surface area contributed by atoms with E-state index in [2.05, 4.69) is 11.1 Å². The van der Waals surface area contributed by atoms with Gasteiger partial charge in [-0.1, -0.05) is 0 Å². The van der Waals surface area contributed by atoms with Crippen LogP contribution in [-0.4, -0.2) is 53.0 Å². The first-order valence-corrected chi connectivity index (χ1v) is 10.6. The molecule has 0 bridgehead atoms. The lowest BCUT2D eigenvalue weighted by atomic mass is 9.77. The largest absolute Gasteiger partial charge is 0.495 e. The normalized spacial score (nSPS) is 23.2. The molecule has 3 heterocycles. The van der Waals surface area contributed by atoms with Crippen LogP contribution in [0.5, 0.6) is 0 Å². The molecule has 2 aliphatic rings. The van der Waals surface area contributed by atoms with Gasteiger partial charge in [-0.25, -0.2) is 9.78 Å². The van der Waals surface area contributed by atoms with Crippen LogP contribution in [0.1, 0.15) is 78.6 Å². The van der Waals surface area contributed by atoms with Crippen LogP contribution in [0.4, 0.5) is 4.79 Å². The summed E-state index contributed by atoms with van der Waals surface area (Å²) in [7, 11) is -0.561. The molecule has 0 spiro atoms. The van der Waals surface area contributed by atoms with E-state index in [1.807, 2.05) is 54.5 Å². The zero-order valence-electron chi connectivity index (χ0n) is 19.1. The van der Waals surface area contributed by atoms with Crippen molar-refractivity contribution in [3.63, 3.8) is 0 Å². The molecule has 162 valence electrons. The van der Waals surface area contributed by atoms with E-state index in [0.717, 1.165) is 24.0 Å². The van der Waals surface area contributed by atoms with Crippen molar-refractivity contribution in [3.8, 4) is 6.07 Å². The molecule has 3 rings (SSSR count). The average Bonchev–Trinajstić information content (AvgIpc) is 2.87. The van der Waals surface area contributed by atoms with Crippen molar-refractivity contribution in [1.29, 1.82) is 5.26 Å². The van der Waals surface area contributed by atoms with E-state index in [9.17, 15) is 10.1 Å². The molecule has 0 aromatic carbocycles. The van der Waals surface area contributed by atoms with Gasteiger partial charge in [-0.2, -0.15) is 5.26 Å². The summed E-state index contributed by atoms with van der Waals surface area (Å²) in [6.07, 6.45) is 1.44. The summed E-state index contributed by atoms with van der Waals surface area (Å²) >= 11 is 0. The molecule has 30 heavy (non-hydrogen) atoms. The lowest BCUT2D eigenvalue weighted by Gasteiger charge is -2.34. The van der Waals surface area contributed by atoms with Gasteiger partial charge in [-0.15, -0.1) is 0 Å². The van der Waals surface area contributed by atoms with Gasteiger partial charge in [0.25, 0.3) is 0 Å². The third-order valence-corrected chi connectivity index (χ3v) is 6.00. The Labute approximate surface area is 179 Å². The molecule has 8 heteroatoms. The number of hydrogen-bond acceptors (Lipinski definition) is 6.